The van der Waals surface area contributed by atoms with Gasteiger partial charge >= 0.3 is 0 Å². The maximum absolute atomic E-state index is 9.33. The molecule has 3 nitrogen and oxygen atoms in total. The number of rotatable bonds is 5. The first kappa shape index (κ1) is 15.0. The van der Waals surface area contributed by atoms with Crippen molar-refractivity contribution >= 4 is 21.5 Å². The van der Waals surface area contributed by atoms with Crippen molar-refractivity contribution in [3.05, 3.63) is 60.2 Å². The van der Waals surface area contributed by atoms with Gasteiger partial charge in [-0.25, -0.2) is 0 Å². The maximum Gasteiger partial charge on any atom is 0.0633 e. The van der Waals surface area contributed by atoms with E-state index >= 15 is 0 Å². The van der Waals surface area contributed by atoms with Crippen LogP contribution in [0.15, 0.2) is 54.6 Å². The fourth-order valence-corrected chi connectivity index (χ4v) is 2.65. The molecular weight excluding hydrogens is 274 g/mol. The highest BCUT2D eigenvalue weighted by Crippen LogP contribution is 2.26. The van der Waals surface area contributed by atoms with Crippen molar-refractivity contribution in [3.63, 3.8) is 0 Å². The second-order valence-corrected chi connectivity index (χ2v) is 6.07. The van der Waals surface area contributed by atoms with E-state index in [0.29, 0.717) is 6.54 Å². The highest BCUT2D eigenvalue weighted by molar-refractivity contribution is 6.07. The highest BCUT2D eigenvalue weighted by atomic mass is 16.3. The zero-order chi connectivity index (χ0) is 15.6. The minimum atomic E-state index is -0.654. The van der Waals surface area contributed by atoms with Crippen molar-refractivity contribution in [3.8, 4) is 0 Å². The quantitative estimate of drug-likeness (QED) is 0.634. The van der Waals surface area contributed by atoms with Crippen molar-refractivity contribution in [2.75, 3.05) is 13.2 Å². The van der Waals surface area contributed by atoms with Crippen LogP contribution in [0.4, 0.5) is 0 Å². The summed E-state index contributed by atoms with van der Waals surface area (Å²) in [6.07, 6.45) is 0. The monoisotopic (exact) mass is 295 g/mol. The number of fused-ring (bicyclic) bond motifs is 3. The molecule has 0 atom stereocenters. The van der Waals surface area contributed by atoms with Crippen LogP contribution in [0.2, 0.25) is 0 Å². The van der Waals surface area contributed by atoms with E-state index in [1.807, 2.05) is 6.92 Å². The van der Waals surface area contributed by atoms with Gasteiger partial charge in [-0.2, -0.15) is 0 Å². The number of benzene rings is 3. The first-order valence-corrected chi connectivity index (χ1v) is 7.52. The second kappa shape index (κ2) is 6.05. The van der Waals surface area contributed by atoms with E-state index in [-0.39, 0.29) is 13.2 Å². The third kappa shape index (κ3) is 2.83. The Balaban J connectivity index is 1.92. The van der Waals surface area contributed by atoms with Crippen molar-refractivity contribution < 1.29 is 10.2 Å². The number of hydrogen-bond acceptors (Lipinski definition) is 3. The molecular formula is C19H21NO2. The van der Waals surface area contributed by atoms with Crippen LogP contribution in [0.1, 0.15) is 12.5 Å². The van der Waals surface area contributed by atoms with Crippen LogP contribution in [-0.4, -0.2) is 29.0 Å². The number of hydrogen-bond donors (Lipinski definition) is 3. The zero-order valence-electron chi connectivity index (χ0n) is 12.7. The summed E-state index contributed by atoms with van der Waals surface area (Å²) in [4.78, 5) is 0. The third-order valence-corrected chi connectivity index (χ3v) is 4.23. The van der Waals surface area contributed by atoms with E-state index in [1.165, 1.54) is 21.5 Å². The Hall–Kier alpha value is -1.94. The van der Waals surface area contributed by atoms with Crippen molar-refractivity contribution in [2.24, 2.45) is 0 Å². The molecule has 3 N–H and O–H groups in total. The Morgan fingerprint density at radius 2 is 1.55 bits per heavy atom. The lowest BCUT2D eigenvalue weighted by Gasteiger charge is -2.26. The van der Waals surface area contributed by atoms with Gasteiger partial charge in [0.25, 0.3) is 0 Å². The molecule has 3 heteroatoms. The highest BCUT2D eigenvalue weighted by Gasteiger charge is 2.21. The molecule has 0 aromatic heterocycles. The molecule has 0 aliphatic heterocycles. The van der Waals surface area contributed by atoms with E-state index in [1.54, 1.807) is 0 Å². The van der Waals surface area contributed by atoms with E-state index < -0.39 is 5.54 Å². The van der Waals surface area contributed by atoms with Crippen LogP contribution in [0, 0.1) is 0 Å². The lowest BCUT2D eigenvalue weighted by molar-refractivity contribution is 0.103. The third-order valence-electron chi connectivity index (χ3n) is 4.23. The first-order valence-electron chi connectivity index (χ1n) is 7.52. The average Bonchev–Trinajstić information content (AvgIpc) is 2.59. The fraction of sp³-hybridized carbons (Fsp3) is 0.263. The predicted octanol–water partition coefficient (Wildman–Crippen LogP) is 2.83. The van der Waals surface area contributed by atoms with E-state index in [4.69, 9.17) is 0 Å². The van der Waals surface area contributed by atoms with Gasteiger partial charge in [0.15, 0.2) is 0 Å². The van der Waals surface area contributed by atoms with Crippen molar-refractivity contribution in [2.45, 2.75) is 19.0 Å². The van der Waals surface area contributed by atoms with Crippen LogP contribution < -0.4 is 5.32 Å². The van der Waals surface area contributed by atoms with Crippen molar-refractivity contribution in [1.29, 1.82) is 0 Å². The smallest absolute Gasteiger partial charge is 0.0633 e. The summed E-state index contributed by atoms with van der Waals surface area (Å²) in [5, 5.41) is 26.8. The lowest BCUT2D eigenvalue weighted by Crippen LogP contribution is -2.48. The van der Waals surface area contributed by atoms with Gasteiger partial charge in [0.05, 0.1) is 18.8 Å². The topological polar surface area (TPSA) is 52.5 Å². The zero-order valence-corrected chi connectivity index (χ0v) is 12.7. The normalized spacial score (nSPS) is 12.1. The lowest BCUT2D eigenvalue weighted by atomic mass is 9.99. The molecule has 22 heavy (non-hydrogen) atoms. The van der Waals surface area contributed by atoms with Crippen LogP contribution in [-0.2, 0) is 6.54 Å². The molecule has 0 aliphatic rings. The Morgan fingerprint density at radius 3 is 2.32 bits per heavy atom. The first-order chi connectivity index (χ1) is 10.6. The van der Waals surface area contributed by atoms with E-state index in [0.717, 1.165) is 5.56 Å². The Morgan fingerprint density at radius 1 is 0.864 bits per heavy atom. The molecule has 0 unspecified atom stereocenters. The second-order valence-electron chi connectivity index (χ2n) is 6.07. The number of aliphatic hydroxyl groups excluding tert-OH is 2. The number of aliphatic hydroxyl groups is 2. The van der Waals surface area contributed by atoms with Gasteiger partial charge in [-0.1, -0.05) is 48.5 Å². The average molecular weight is 295 g/mol. The minimum Gasteiger partial charge on any atom is -0.394 e. The molecule has 0 heterocycles. The summed E-state index contributed by atoms with van der Waals surface area (Å²) in [5.74, 6) is 0. The van der Waals surface area contributed by atoms with Crippen LogP contribution in [0.5, 0.6) is 0 Å². The number of nitrogens with one attached hydrogen (secondary N) is 1. The van der Waals surface area contributed by atoms with E-state index in [9.17, 15) is 10.2 Å². The molecule has 0 bridgehead atoms. The molecule has 0 saturated heterocycles. The van der Waals surface area contributed by atoms with Gasteiger partial charge in [0.2, 0.25) is 0 Å². The standard InChI is InChI=1S/C19H21NO2/c1-19(12-21,13-22)20-11-14-6-9-18-16(10-14)8-7-15-4-2-3-5-17(15)18/h2-10,20-22H,11-13H2,1H3. The molecule has 0 spiro atoms. The van der Waals surface area contributed by atoms with Crippen LogP contribution >= 0.6 is 0 Å². The summed E-state index contributed by atoms with van der Waals surface area (Å²) < 4.78 is 0. The predicted molar refractivity (Wildman–Crippen MR) is 90.9 cm³/mol. The summed E-state index contributed by atoms with van der Waals surface area (Å²) in [7, 11) is 0. The van der Waals surface area contributed by atoms with Crippen LogP contribution in [0.3, 0.4) is 0 Å². The fourth-order valence-electron chi connectivity index (χ4n) is 2.65. The molecule has 3 aromatic carbocycles. The molecule has 0 saturated carbocycles. The molecule has 3 aromatic rings. The Kier molecular flexibility index (Phi) is 4.12. The minimum absolute atomic E-state index is 0.0955. The van der Waals surface area contributed by atoms with Gasteiger partial charge in [0, 0.05) is 6.54 Å². The Labute approximate surface area is 130 Å². The van der Waals surface area contributed by atoms with Gasteiger partial charge in [-0.15, -0.1) is 0 Å². The molecule has 3 rings (SSSR count). The largest absolute Gasteiger partial charge is 0.394 e. The van der Waals surface area contributed by atoms with Crippen molar-refractivity contribution in [1.82, 2.24) is 5.32 Å². The summed E-state index contributed by atoms with van der Waals surface area (Å²) in [6, 6.07) is 19.0. The maximum atomic E-state index is 9.33. The SMILES string of the molecule is CC(CO)(CO)NCc1ccc2c(ccc3ccccc32)c1. The van der Waals surface area contributed by atoms with Gasteiger partial charge in [-0.05, 0) is 40.1 Å². The molecule has 0 fully saturated rings. The summed E-state index contributed by atoms with van der Waals surface area (Å²) in [5.41, 5.74) is 0.481. The Bertz CT molecular complexity index is 794. The molecule has 0 amide bonds. The summed E-state index contributed by atoms with van der Waals surface area (Å²) in [6.45, 7) is 2.23. The van der Waals surface area contributed by atoms with Gasteiger partial charge < -0.3 is 15.5 Å². The molecule has 0 aliphatic carbocycles. The van der Waals surface area contributed by atoms with Gasteiger partial charge in [0.1, 0.15) is 0 Å². The van der Waals surface area contributed by atoms with Gasteiger partial charge in [-0.3, -0.25) is 0 Å². The summed E-state index contributed by atoms with van der Waals surface area (Å²) >= 11 is 0. The van der Waals surface area contributed by atoms with E-state index in [2.05, 4.69) is 59.9 Å². The van der Waals surface area contributed by atoms with Crippen LogP contribution in [0.25, 0.3) is 21.5 Å². The molecule has 0 radical (unpaired) electrons. The molecule has 114 valence electrons.